The number of carboxylic acids is 1. The summed E-state index contributed by atoms with van der Waals surface area (Å²) in [6.45, 7) is 1.08. The van der Waals surface area contributed by atoms with E-state index in [-0.39, 0.29) is 35.5 Å². The van der Waals surface area contributed by atoms with E-state index < -0.39 is 5.97 Å². The molecule has 8 heteroatoms. The van der Waals surface area contributed by atoms with E-state index in [1.807, 2.05) is 66.7 Å². The minimum atomic E-state index is -0.833. The predicted molar refractivity (Wildman–Crippen MR) is 128 cm³/mol. The smallest absolute Gasteiger partial charge is 0.496 e. The topological polar surface area (TPSA) is 88.0 Å². The van der Waals surface area contributed by atoms with Crippen molar-refractivity contribution in [3.05, 3.63) is 89.3 Å². The van der Waals surface area contributed by atoms with Crippen molar-refractivity contribution in [2.75, 3.05) is 7.11 Å². The summed E-state index contributed by atoms with van der Waals surface area (Å²) in [4.78, 5) is 26.3. The maximum absolute atomic E-state index is 12.2. The van der Waals surface area contributed by atoms with E-state index in [0.29, 0.717) is 10.1 Å². The molecule has 4 rings (SSSR count). The van der Waals surface area contributed by atoms with Gasteiger partial charge >= 0.3 is 29.6 Å². The number of benzene rings is 3. The molecule has 1 amide bonds. The van der Waals surface area contributed by atoms with E-state index in [1.165, 1.54) is 11.8 Å². The normalized spacial score (nSPS) is 14.7. The molecule has 1 saturated heterocycles. The van der Waals surface area contributed by atoms with Gasteiger partial charge in [0.2, 0.25) is 0 Å². The van der Waals surface area contributed by atoms with Gasteiger partial charge in [0.1, 0.15) is 5.75 Å². The van der Waals surface area contributed by atoms with Crippen LogP contribution in [0.25, 0.3) is 17.2 Å². The third-order valence-corrected chi connectivity index (χ3v) is 5.12. The second-order valence-corrected chi connectivity index (χ2v) is 7.61. The molecule has 0 spiro atoms. The molecule has 3 aromatic carbocycles. The van der Waals surface area contributed by atoms with Crippen molar-refractivity contribution in [2.24, 2.45) is 4.99 Å². The standard InChI is InChI=1S/C23H17N2O2S.C2H4O2.Na/c1-27-20-10-6-5-9-19(20)17-13-11-16(12-14-17)15-21-22(26)25-23(28-21)24-18-7-3-2-4-8-18;1-2(3)4;/h3-15H,1H3,(H,24,25,26);1H3,(H,3,4);/q-1;;+1. The van der Waals surface area contributed by atoms with Crippen LogP contribution in [0.5, 0.6) is 5.75 Å². The monoisotopic (exact) mass is 468 g/mol. The van der Waals surface area contributed by atoms with Crippen molar-refractivity contribution >= 4 is 40.6 Å². The summed E-state index contributed by atoms with van der Waals surface area (Å²) in [5, 5.41) is 10.8. The summed E-state index contributed by atoms with van der Waals surface area (Å²) in [6.07, 6.45) is 1.87. The van der Waals surface area contributed by atoms with Gasteiger partial charge in [-0.3, -0.25) is 14.6 Å². The Labute approximate surface area is 219 Å². The largest absolute Gasteiger partial charge is 1.00 e. The molecule has 1 aliphatic heterocycles. The molecule has 3 aromatic rings. The maximum Gasteiger partial charge on any atom is 1.00 e. The number of carbonyl (C=O) groups excluding carboxylic acids is 1. The summed E-state index contributed by atoms with van der Waals surface area (Å²) in [5.74, 6) is -0.140. The van der Waals surface area contributed by atoms with Gasteiger partial charge in [0.25, 0.3) is 11.9 Å². The zero-order valence-electron chi connectivity index (χ0n) is 18.5. The first-order valence-electron chi connectivity index (χ1n) is 9.65. The number of thioether (sulfide) groups is 1. The molecule has 0 saturated carbocycles. The number of carboxylic acid groups (broad SMARTS) is 1. The summed E-state index contributed by atoms with van der Waals surface area (Å²) in [6, 6.07) is 26.2. The Hall–Kier alpha value is -2.84. The molecule has 1 fully saturated rings. The number of nitrogens with one attached hydrogen (secondary N) is 1. The van der Waals surface area contributed by atoms with Gasteiger partial charge in [-0.15, -0.1) is 12.1 Å². The Morgan fingerprint density at radius 3 is 2.36 bits per heavy atom. The van der Waals surface area contributed by atoms with Gasteiger partial charge in [-0.25, -0.2) is 0 Å². The third-order valence-electron chi connectivity index (χ3n) is 4.21. The molecule has 1 aliphatic rings. The third kappa shape index (κ3) is 7.91. The number of nitrogens with zero attached hydrogens (tertiary/aromatic N) is 1. The number of carbonyl (C=O) groups is 2. The predicted octanol–water partition coefficient (Wildman–Crippen LogP) is 2.15. The molecule has 33 heavy (non-hydrogen) atoms. The van der Waals surface area contributed by atoms with Crippen LogP contribution in [0.1, 0.15) is 12.5 Å². The molecule has 6 nitrogen and oxygen atoms in total. The quantitative estimate of drug-likeness (QED) is 0.348. The van der Waals surface area contributed by atoms with Gasteiger partial charge in [-0.1, -0.05) is 42.5 Å². The second-order valence-electron chi connectivity index (χ2n) is 6.58. The molecular formula is C25H21N2NaO4S. The van der Waals surface area contributed by atoms with Gasteiger partial charge in [0.15, 0.2) is 5.17 Å². The van der Waals surface area contributed by atoms with E-state index in [1.54, 1.807) is 19.2 Å². The number of amides is 1. The Morgan fingerprint density at radius 2 is 1.73 bits per heavy atom. The van der Waals surface area contributed by atoms with Crippen LogP contribution >= 0.6 is 11.8 Å². The number of aliphatic imine (C=N–C) groups is 1. The Bertz CT molecular complexity index is 1160. The SMILES string of the molecule is CC(=O)O.COc1ccccc1-c1ccc(C=C2SC(=Nc3cc[c-]cc3)NC2=O)cc1.[Na+]. The van der Waals surface area contributed by atoms with Crippen molar-refractivity contribution in [2.45, 2.75) is 6.92 Å². The van der Waals surface area contributed by atoms with E-state index in [4.69, 9.17) is 14.6 Å². The molecule has 0 bridgehead atoms. The number of ether oxygens (including phenoxy) is 1. The van der Waals surface area contributed by atoms with Gasteiger partial charge in [-0.2, -0.15) is 18.2 Å². The number of hydrogen-bond donors (Lipinski definition) is 2. The molecule has 0 unspecified atom stereocenters. The molecule has 1 heterocycles. The molecule has 0 radical (unpaired) electrons. The minimum absolute atomic E-state index is 0. The summed E-state index contributed by atoms with van der Waals surface area (Å²) < 4.78 is 5.43. The fourth-order valence-corrected chi connectivity index (χ4v) is 3.69. The molecule has 0 atom stereocenters. The first kappa shape index (κ1) is 26.4. The maximum atomic E-state index is 12.2. The Morgan fingerprint density at radius 1 is 1.09 bits per heavy atom. The Kier molecular flexibility index (Phi) is 10.4. The molecule has 162 valence electrons. The van der Waals surface area contributed by atoms with Crippen LogP contribution in [-0.2, 0) is 9.59 Å². The van der Waals surface area contributed by atoms with Crippen molar-refractivity contribution in [1.82, 2.24) is 5.32 Å². The van der Waals surface area contributed by atoms with E-state index in [9.17, 15) is 4.79 Å². The number of hydrogen-bond acceptors (Lipinski definition) is 5. The first-order valence-corrected chi connectivity index (χ1v) is 10.5. The van der Waals surface area contributed by atoms with Crippen LogP contribution in [0, 0.1) is 6.07 Å². The Balaban J connectivity index is 0.000000714. The number of rotatable bonds is 4. The molecule has 0 aliphatic carbocycles. The average molecular weight is 469 g/mol. The van der Waals surface area contributed by atoms with Crippen LogP contribution in [0.3, 0.4) is 0 Å². The van der Waals surface area contributed by atoms with Crippen molar-refractivity contribution in [1.29, 1.82) is 0 Å². The summed E-state index contributed by atoms with van der Waals surface area (Å²) in [7, 11) is 1.67. The second kappa shape index (κ2) is 13.0. The average Bonchev–Trinajstić information content (AvgIpc) is 3.13. The molecule has 0 aromatic heterocycles. The van der Waals surface area contributed by atoms with Crippen LogP contribution < -0.4 is 39.6 Å². The van der Waals surface area contributed by atoms with Gasteiger partial charge in [-0.05, 0) is 40.7 Å². The van der Waals surface area contributed by atoms with Crippen molar-refractivity contribution in [3.63, 3.8) is 0 Å². The fourth-order valence-electron chi connectivity index (χ4n) is 2.84. The van der Waals surface area contributed by atoms with Crippen molar-refractivity contribution in [3.8, 4) is 16.9 Å². The first-order chi connectivity index (χ1) is 15.5. The summed E-state index contributed by atoms with van der Waals surface area (Å²) >= 11 is 1.34. The minimum Gasteiger partial charge on any atom is -0.496 e. The van der Waals surface area contributed by atoms with Gasteiger partial charge in [0.05, 0.1) is 12.0 Å². The fraction of sp³-hybridized carbons (Fsp3) is 0.0800. The van der Waals surface area contributed by atoms with Crippen LogP contribution in [0.2, 0.25) is 0 Å². The van der Waals surface area contributed by atoms with Gasteiger partial charge in [0, 0.05) is 12.5 Å². The number of amidine groups is 1. The van der Waals surface area contributed by atoms with E-state index in [2.05, 4.69) is 16.4 Å². The number of aliphatic carboxylic acids is 1. The van der Waals surface area contributed by atoms with Gasteiger partial charge < -0.3 is 15.2 Å². The molecular weight excluding hydrogens is 447 g/mol. The van der Waals surface area contributed by atoms with E-state index in [0.717, 1.165) is 35.1 Å². The van der Waals surface area contributed by atoms with Crippen LogP contribution in [-0.4, -0.2) is 29.3 Å². The van der Waals surface area contributed by atoms with Crippen LogP contribution in [0.15, 0.2) is 82.7 Å². The zero-order chi connectivity index (χ0) is 22.9. The number of para-hydroxylation sites is 1. The zero-order valence-corrected chi connectivity index (χ0v) is 21.3. The van der Waals surface area contributed by atoms with Crippen molar-refractivity contribution < 1.29 is 49.0 Å². The molecule has 2 N–H and O–H groups in total. The summed E-state index contributed by atoms with van der Waals surface area (Å²) in [5.41, 5.74) is 3.83. The number of methoxy groups -OCH3 is 1. The van der Waals surface area contributed by atoms with Crippen LogP contribution in [0.4, 0.5) is 5.69 Å². The van der Waals surface area contributed by atoms with E-state index >= 15 is 0 Å².